The largest absolute Gasteiger partial charge is 0.337 e. The van der Waals surface area contributed by atoms with Gasteiger partial charge in [0, 0.05) is 36.5 Å². The molecule has 4 nitrogen and oxygen atoms in total. The summed E-state index contributed by atoms with van der Waals surface area (Å²) in [6.45, 7) is 3.44. The van der Waals surface area contributed by atoms with Crippen LogP contribution >= 0.6 is 15.9 Å². The molecule has 0 amide bonds. The van der Waals surface area contributed by atoms with Gasteiger partial charge in [-0.3, -0.25) is 4.90 Å². The van der Waals surface area contributed by atoms with E-state index in [1.807, 2.05) is 24.0 Å². The molecule has 1 aromatic heterocycles. The van der Waals surface area contributed by atoms with Gasteiger partial charge in [-0.2, -0.15) is 0 Å². The smallest absolute Gasteiger partial charge is 0.122 e. The Bertz CT molecular complexity index is 579. The van der Waals surface area contributed by atoms with Crippen molar-refractivity contribution in [3.05, 3.63) is 52.0 Å². The molecule has 0 aliphatic carbocycles. The molecule has 1 atom stereocenters. The number of nitrogens with two attached hydrogens (primary N) is 1. The van der Waals surface area contributed by atoms with Crippen molar-refractivity contribution in [3.63, 3.8) is 0 Å². The number of aryl methyl sites for hydroxylation is 2. The number of imidazole rings is 1. The molecular weight excluding hydrogens is 316 g/mol. The van der Waals surface area contributed by atoms with Gasteiger partial charge in [0.15, 0.2) is 0 Å². The Morgan fingerprint density at radius 2 is 2.20 bits per heavy atom. The van der Waals surface area contributed by atoms with E-state index in [4.69, 9.17) is 5.73 Å². The van der Waals surface area contributed by atoms with Crippen LogP contribution in [0.25, 0.3) is 0 Å². The van der Waals surface area contributed by atoms with Gasteiger partial charge in [-0.25, -0.2) is 4.98 Å². The predicted molar refractivity (Wildman–Crippen MR) is 85.3 cm³/mol. The Balaban J connectivity index is 2.18. The Morgan fingerprint density at radius 3 is 2.75 bits per heavy atom. The van der Waals surface area contributed by atoms with Crippen LogP contribution in [0, 0.1) is 6.92 Å². The van der Waals surface area contributed by atoms with E-state index in [1.54, 1.807) is 0 Å². The predicted octanol–water partition coefficient (Wildman–Crippen LogP) is 2.62. The normalized spacial score (nSPS) is 12.9. The summed E-state index contributed by atoms with van der Waals surface area (Å²) in [6.07, 6.45) is 3.78. The van der Waals surface area contributed by atoms with Crippen LogP contribution in [-0.4, -0.2) is 28.0 Å². The second-order valence-corrected chi connectivity index (χ2v) is 5.98. The molecule has 0 saturated heterocycles. The fraction of sp³-hybridized carbons (Fsp3) is 0.400. The van der Waals surface area contributed by atoms with Crippen molar-refractivity contribution in [1.82, 2.24) is 14.5 Å². The topological polar surface area (TPSA) is 47.1 Å². The Kier molecular flexibility index (Phi) is 4.96. The highest BCUT2D eigenvalue weighted by Gasteiger charge is 2.17. The monoisotopic (exact) mass is 336 g/mol. The van der Waals surface area contributed by atoms with E-state index in [1.165, 1.54) is 11.1 Å². The van der Waals surface area contributed by atoms with Crippen molar-refractivity contribution in [2.45, 2.75) is 19.5 Å². The van der Waals surface area contributed by atoms with Gasteiger partial charge >= 0.3 is 0 Å². The van der Waals surface area contributed by atoms with Gasteiger partial charge in [-0.05, 0) is 31.2 Å². The fourth-order valence-electron chi connectivity index (χ4n) is 2.27. The van der Waals surface area contributed by atoms with Crippen LogP contribution < -0.4 is 5.73 Å². The summed E-state index contributed by atoms with van der Waals surface area (Å²) in [4.78, 5) is 6.60. The number of hydrogen-bond acceptors (Lipinski definition) is 3. The zero-order valence-corrected chi connectivity index (χ0v) is 13.8. The number of halogens is 1. The van der Waals surface area contributed by atoms with Gasteiger partial charge in [0.2, 0.25) is 0 Å². The number of nitrogens with zero attached hydrogens (tertiary/aromatic N) is 3. The first-order valence-electron chi connectivity index (χ1n) is 6.65. The standard InChI is InChI=1S/C15H21BrN4/c1-11-4-5-12(8-13(11)16)14(9-17)20(3)10-15-18-6-7-19(15)2/h4-8,14H,9-10,17H2,1-3H3. The fourth-order valence-corrected chi connectivity index (χ4v) is 2.67. The van der Waals surface area contributed by atoms with E-state index in [9.17, 15) is 0 Å². The maximum Gasteiger partial charge on any atom is 0.122 e. The zero-order valence-electron chi connectivity index (χ0n) is 12.2. The van der Waals surface area contributed by atoms with Gasteiger partial charge in [0.1, 0.15) is 5.82 Å². The van der Waals surface area contributed by atoms with Gasteiger partial charge in [0.25, 0.3) is 0 Å². The summed E-state index contributed by atoms with van der Waals surface area (Å²) in [5, 5.41) is 0. The molecule has 2 aromatic rings. The Labute approximate surface area is 128 Å². The van der Waals surface area contributed by atoms with E-state index in [2.05, 4.69) is 58.0 Å². The van der Waals surface area contributed by atoms with Gasteiger partial charge in [0.05, 0.1) is 6.54 Å². The molecule has 0 aliphatic heterocycles. The summed E-state index contributed by atoms with van der Waals surface area (Å²) >= 11 is 3.59. The van der Waals surface area contributed by atoms with Crippen LogP contribution in [0.15, 0.2) is 35.1 Å². The van der Waals surface area contributed by atoms with Crippen LogP contribution in [-0.2, 0) is 13.6 Å². The highest BCUT2D eigenvalue weighted by molar-refractivity contribution is 9.10. The van der Waals surface area contributed by atoms with E-state index >= 15 is 0 Å². The van der Waals surface area contributed by atoms with Gasteiger partial charge in [-0.15, -0.1) is 0 Å². The first-order chi connectivity index (χ1) is 9.52. The molecule has 1 unspecified atom stereocenters. The number of hydrogen-bond donors (Lipinski definition) is 1. The van der Waals surface area contributed by atoms with Crippen molar-refractivity contribution in [2.24, 2.45) is 12.8 Å². The van der Waals surface area contributed by atoms with E-state index in [0.717, 1.165) is 16.8 Å². The Morgan fingerprint density at radius 1 is 1.45 bits per heavy atom. The molecule has 108 valence electrons. The summed E-state index contributed by atoms with van der Waals surface area (Å²) in [5.74, 6) is 1.04. The molecule has 0 radical (unpaired) electrons. The van der Waals surface area contributed by atoms with Crippen LogP contribution in [0.2, 0.25) is 0 Å². The lowest BCUT2D eigenvalue weighted by Gasteiger charge is -2.27. The molecule has 2 rings (SSSR count). The number of benzene rings is 1. The van der Waals surface area contributed by atoms with E-state index < -0.39 is 0 Å². The second-order valence-electron chi connectivity index (χ2n) is 5.13. The molecule has 1 heterocycles. The number of rotatable bonds is 5. The number of aromatic nitrogens is 2. The van der Waals surface area contributed by atoms with Crippen LogP contribution in [0.5, 0.6) is 0 Å². The summed E-state index contributed by atoms with van der Waals surface area (Å²) in [6, 6.07) is 6.61. The van der Waals surface area contributed by atoms with Crippen LogP contribution in [0.1, 0.15) is 23.0 Å². The molecule has 20 heavy (non-hydrogen) atoms. The molecule has 0 bridgehead atoms. The molecule has 2 N–H and O–H groups in total. The van der Waals surface area contributed by atoms with Crippen LogP contribution in [0.4, 0.5) is 0 Å². The molecule has 0 spiro atoms. The quantitative estimate of drug-likeness (QED) is 0.912. The summed E-state index contributed by atoms with van der Waals surface area (Å²) < 4.78 is 3.16. The molecule has 1 aromatic carbocycles. The minimum atomic E-state index is 0.184. The molecule has 0 fully saturated rings. The third kappa shape index (κ3) is 3.29. The SMILES string of the molecule is Cc1ccc(C(CN)N(C)Cc2nccn2C)cc1Br. The summed E-state index contributed by atoms with van der Waals surface area (Å²) in [5.41, 5.74) is 8.43. The maximum absolute atomic E-state index is 5.98. The molecule has 0 aliphatic rings. The first kappa shape index (κ1) is 15.2. The lowest BCUT2D eigenvalue weighted by Crippen LogP contribution is -2.31. The molecular formula is C15H21BrN4. The minimum Gasteiger partial charge on any atom is -0.337 e. The number of likely N-dealkylation sites (N-methyl/N-ethyl adjacent to an activating group) is 1. The minimum absolute atomic E-state index is 0.184. The average molecular weight is 337 g/mol. The highest BCUT2D eigenvalue weighted by Crippen LogP contribution is 2.25. The average Bonchev–Trinajstić information content (AvgIpc) is 2.80. The van der Waals surface area contributed by atoms with Crippen molar-refractivity contribution in [2.75, 3.05) is 13.6 Å². The van der Waals surface area contributed by atoms with E-state index in [-0.39, 0.29) is 6.04 Å². The Hall–Kier alpha value is -1.17. The first-order valence-corrected chi connectivity index (χ1v) is 7.44. The summed E-state index contributed by atoms with van der Waals surface area (Å²) in [7, 11) is 4.09. The lowest BCUT2D eigenvalue weighted by atomic mass is 10.0. The molecule has 0 saturated carbocycles. The second kappa shape index (κ2) is 6.52. The third-order valence-corrected chi connectivity index (χ3v) is 4.50. The van der Waals surface area contributed by atoms with Crippen molar-refractivity contribution in [3.8, 4) is 0 Å². The van der Waals surface area contributed by atoms with Crippen molar-refractivity contribution in [1.29, 1.82) is 0 Å². The maximum atomic E-state index is 5.98. The van der Waals surface area contributed by atoms with Crippen LogP contribution in [0.3, 0.4) is 0 Å². The van der Waals surface area contributed by atoms with E-state index in [0.29, 0.717) is 6.54 Å². The van der Waals surface area contributed by atoms with Gasteiger partial charge < -0.3 is 10.3 Å². The lowest BCUT2D eigenvalue weighted by molar-refractivity contribution is 0.233. The molecule has 5 heteroatoms. The van der Waals surface area contributed by atoms with Crippen molar-refractivity contribution < 1.29 is 0 Å². The highest BCUT2D eigenvalue weighted by atomic mass is 79.9. The van der Waals surface area contributed by atoms with Crippen molar-refractivity contribution >= 4 is 15.9 Å². The third-order valence-electron chi connectivity index (χ3n) is 3.65. The van der Waals surface area contributed by atoms with Gasteiger partial charge in [-0.1, -0.05) is 28.1 Å². The zero-order chi connectivity index (χ0) is 14.7.